The average molecular weight is 414 g/mol. The fraction of sp³-hybridized carbons (Fsp3) is 0.400. The molecule has 28 heavy (non-hydrogen) atoms. The van der Waals surface area contributed by atoms with Crippen LogP contribution in [0.25, 0.3) is 10.3 Å². The van der Waals surface area contributed by atoms with Gasteiger partial charge in [0.2, 0.25) is 5.91 Å². The Labute approximate surface area is 172 Å². The highest BCUT2D eigenvalue weighted by atomic mass is 32.2. The monoisotopic (exact) mass is 413 g/mol. The number of fused-ring (bicyclic) bond motifs is 1. The number of thioether (sulfide) groups is 1. The van der Waals surface area contributed by atoms with Crippen LogP contribution in [0.4, 0.5) is 10.8 Å². The van der Waals surface area contributed by atoms with Gasteiger partial charge in [-0.2, -0.15) is 4.98 Å². The minimum atomic E-state index is -0.0375. The third-order valence-corrected chi connectivity index (χ3v) is 7.00. The zero-order valence-electron chi connectivity index (χ0n) is 16.1. The zero-order valence-corrected chi connectivity index (χ0v) is 17.7. The lowest BCUT2D eigenvalue weighted by Crippen LogP contribution is -2.29. The standard InChI is InChI=1S/C20H23N5OS2/c1-13-6-7-15(14(2)10-13)23-16(26)11-27-19-17-18(21-12-22-19)24-20(28-17)25-8-4-3-5-9-25/h6-7,10,12H,3-5,8-9,11H2,1-2H3,(H,23,26). The number of hydrogen-bond acceptors (Lipinski definition) is 7. The summed E-state index contributed by atoms with van der Waals surface area (Å²) in [4.78, 5) is 28.2. The molecule has 0 aliphatic carbocycles. The maximum atomic E-state index is 12.4. The Morgan fingerprint density at radius 3 is 2.82 bits per heavy atom. The number of aryl methyl sites for hydroxylation is 2. The van der Waals surface area contributed by atoms with Gasteiger partial charge in [0, 0.05) is 18.8 Å². The van der Waals surface area contributed by atoms with E-state index in [0.29, 0.717) is 5.75 Å². The van der Waals surface area contributed by atoms with E-state index in [2.05, 4.69) is 26.3 Å². The second kappa shape index (κ2) is 8.45. The van der Waals surface area contributed by atoms with E-state index in [9.17, 15) is 4.79 Å². The summed E-state index contributed by atoms with van der Waals surface area (Å²) in [6.45, 7) is 6.15. The number of anilines is 2. The molecule has 1 aliphatic heterocycles. The minimum Gasteiger partial charge on any atom is -0.348 e. The van der Waals surface area contributed by atoms with Crippen LogP contribution in [0.2, 0.25) is 0 Å². The molecule has 0 atom stereocenters. The van der Waals surface area contributed by atoms with E-state index >= 15 is 0 Å². The second-order valence-electron chi connectivity index (χ2n) is 7.03. The van der Waals surface area contributed by atoms with Gasteiger partial charge in [-0.1, -0.05) is 40.8 Å². The Balaban J connectivity index is 1.45. The van der Waals surface area contributed by atoms with E-state index in [0.717, 1.165) is 44.8 Å². The van der Waals surface area contributed by atoms with Crippen molar-refractivity contribution in [2.24, 2.45) is 0 Å². The maximum absolute atomic E-state index is 12.4. The van der Waals surface area contributed by atoms with Crippen molar-refractivity contribution in [1.29, 1.82) is 0 Å². The number of piperidine rings is 1. The summed E-state index contributed by atoms with van der Waals surface area (Å²) >= 11 is 3.06. The van der Waals surface area contributed by atoms with Crippen LogP contribution in [0.3, 0.4) is 0 Å². The van der Waals surface area contributed by atoms with Gasteiger partial charge >= 0.3 is 0 Å². The molecule has 6 nitrogen and oxygen atoms in total. The van der Waals surface area contributed by atoms with E-state index < -0.39 is 0 Å². The van der Waals surface area contributed by atoms with Crippen molar-refractivity contribution in [3.8, 4) is 0 Å². The molecule has 0 saturated carbocycles. The molecular weight excluding hydrogens is 390 g/mol. The molecule has 2 aromatic heterocycles. The van der Waals surface area contributed by atoms with Crippen molar-refractivity contribution in [3.63, 3.8) is 0 Å². The third kappa shape index (κ3) is 4.28. The van der Waals surface area contributed by atoms with Crippen LogP contribution >= 0.6 is 23.1 Å². The highest BCUT2D eigenvalue weighted by Crippen LogP contribution is 2.34. The van der Waals surface area contributed by atoms with Crippen molar-refractivity contribution in [2.75, 3.05) is 29.1 Å². The molecule has 1 amide bonds. The van der Waals surface area contributed by atoms with Gasteiger partial charge < -0.3 is 10.2 Å². The predicted molar refractivity (Wildman–Crippen MR) is 117 cm³/mol. The molecule has 4 rings (SSSR count). The number of carbonyl (C=O) groups excluding carboxylic acids is 1. The number of amides is 1. The molecule has 146 valence electrons. The van der Waals surface area contributed by atoms with Crippen LogP contribution in [0.1, 0.15) is 30.4 Å². The van der Waals surface area contributed by atoms with Crippen molar-refractivity contribution >= 4 is 50.2 Å². The first-order chi connectivity index (χ1) is 13.6. The van der Waals surface area contributed by atoms with Gasteiger partial charge in [-0.25, -0.2) is 9.97 Å². The topological polar surface area (TPSA) is 71.0 Å². The van der Waals surface area contributed by atoms with Crippen LogP contribution in [0.5, 0.6) is 0 Å². The van der Waals surface area contributed by atoms with Crippen molar-refractivity contribution < 1.29 is 4.79 Å². The molecule has 0 bridgehead atoms. The number of thiazole rings is 1. The SMILES string of the molecule is Cc1ccc(NC(=O)CSc2ncnc3nc(N4CCCCC4)sc23)c(C)c1. The van der Waals surface area contributed by atoms with Crippen molar-refractivity contribution in [2.45, 2.75) is 38.1 Å². The van der Waals surface area contributed by atoms with Gasteiger partial charge in [-0.15, -0.1) is 0 Å². The van der Waals surface area contributed by atoms with Gasteiger partial charge in [0.1, 0.15) is 16.1 Å². The van der Waals surface area contributed by atoms with Gasteiger partial charge in [0.15, 0.2) is 10.8 Å². The Kier molecular flexibility index (Phi) is 5.77. The molecule has 3 heterocycles. The van der Waals surface area contributed by atoms with Crippen LogP contribution in [0.15, 0.2) is 29.6 Å². The van der Waals surface area contributed by atoms with Crippen LogP contribution in [-0.2, 0) is 4.79 Å². The summed E-state index contributed by atoms with van der Waals surface area (Å²) in [7, 11) is 0. The molecule has 1 aromatic carbocycles. The number of nitrogens with one attached hydrogen (secondary N) is 1. The molecule has 0 radical (unpaired) electrons. The molecule has 0 unspecified atom stereocenters. The smallest absolute Gasteiger partial charge is 0.234 e. The maximum Gasteiger partial charge on any atom is 0.234 e. The second-order valence-corrected chi connectivity index (χ2v) is 8.97. The Morgan fingerprint density at radius 2 is 2.04 bits per heavy atom. The fourth-order valence-corrected chi connectivity index (χ4v) is 5.26. The quantitative estimate of drug-likeness (QED) is 0.493. The number of aromatic nitrogens is 3. The lowest BCUT2D eigenvalue weighted by molar-refractivity contribution is -0.113. The molecule has 1 aliphatic rings. The Hall–Kier alpha value is -2.19. The van der Waals surface area contributed by atoms with Crippen LogP contribution in [0, 0.1) is 13.8 Å². The normalized spacial score (nSPS) is 14.4. The van der Waals surface area contributed by atoms with Gasteiger partial charge in [-0.05, 0) is 44.7 Å². The van der Waals surface area contributed by atoms with Crippen LogP contribution in [-0.4, -0.2) is 39.7 Å². The fourth-order valence-electron chi connectivity index (χ4n) is 3.32. The summed E-state index contributed by atoms with van der Waals surface area (Å²) in [6, 6.07) is 6.02. The van der Waals surface area contributed by atoms with E-state index in [4.69, 9.17) is 4.98 Å². The first-order valence-corrected chi connectivity index (χ1v) is 11.3. The largest absolute Gasteiger partial charge is 0.348 e. The Bertz CT molecular complexity index is 997. The average Bonchev–Trinajstić information content (AvgIpc) is 3.14. The molecular formula is C20H23N5OS2. The first kappa shape index (κ1) is 19.1. The first-order valence-electron chi connectivity index (χ1n) is 9.46. The summed E-state index contributed by atoms with van der Waals surface area (Å²) in [5, 5.41) is 4.82. The molecule has 3 aromatic rings. The van der Waals surface area contributed by atoms with Gasteiger partial charge in [0.05, 0.1) is 5.75 Å². The lowest BCUT2D eigenvalue weighted by Gasteiger charge is -2.25. The number of benzene rings is 1. The predicted octanol–water partition coefficient (Wildman–Crippen LogP) is 4.42. The molecule has 8 heteroatoms. The number of carbonyl (C=O) groups is 1. The highest BCUT2D eigenvalue weighted by molar-refractivity contribution is 8.00. The van der Waals surface area contributed by atoms with E-state index in [1.54, 1.807) is 11.3 Å². The third-order valence-electron chi connectivity index (χ3n) is 4.77. The van der Waals surface area contributed by atoms with E-state index in [1.807, 2.05) is 26.0 Å². The van der Waals surface area contributed by atoms with Gasteiger partial charge in [0.25, 0.3) is 0 Å². The Morgan fingerprint density at radius 1 is 1.21 bits per heavy atom. The highest BCUT2D eigenvalue weighted by Gasteiger charge is 2.18. The van der Waals surface area contributed by atoms with Gasteiger partial charge in [-0.3, -0.25) is 4.79 Å². The molecule has 1 fully saturated rings. The number of nitrogens with zero attached hydrogens (tertiary/aromatic N) is 4. The summed E-state index contributed by atoms with van der Waals surface area (Å²) in [6.07, 6.45) is 5.24. The summed E-state index contributed by atoms with van der Waals surface area (Å²) < 4.78 is 0.965. The summed E-state index contributed by atoms with van der Waals surface area (Å²) in [5.41, 5.74) is 3.83. The van der Waals surface area contributed by atoms with Crippen molar-refractivity contribution in [3.05, 3.63) is 35.7 Å². The minimum absolute atomic E-state index is 0.0375. The van der Waals surface area contributed by atoms with Crippen LogP contribution < -0.4 is 10.2 Å². The summed E-state index contributed by atoms with van der Waals surface area (Å²) in [5.74, 6) is 0.264. The number of rotatable bonds is 5. The van der Waals surface area contributed by atoms with Crippen molar-refractivity contribution in [1.82, 2.24) is 15.0 Å². The molecule has 1 N–H and O–H groups in total. The number of hydrogen-bond donors (Lipinski definition) is 1. The van der Waals surface area contributed by atoms with E-state index in [1.165, 1.54) is 42.9 Å². The lowest BCUT2D eigenvalue weighted by atomic mass is 10.1. The zero-order chi connectivity index (χ0) is 19.5. The van der Waals surface area contributed by atoms with E-state index in [-0.39, 0.29) is 5.91 Å². The molecule has 0 spiro atoms. The molecule has 1 saturated heterocycles.